The van der Waals surface area contributed by atoms with Gasteiger partial charge in [0, 0.05) is 11.6 Å². The molecule has 0 bridgehead atoms. The van der Waals surface area contributed by atoms with Gasteiger partial charge in [0.05, 0.1) is 28.7 Å². The van der Waals surface area contributed by atoms with Crippen molar-refractivity contribution in [2.45, 2.75) is 38.1 Å². The fourth-order valence-electron chi connectivity index (χ4n) is 3.73. The lowest BCUT2D eigenvalue weighted by molar-refractivity contribution is -0.385. The van der Waals surface area contributed by atoms with Crippen LogP contribution in [0.4, 0.5) is 11.4 Å². The van der Waals surface area contributed by atoms with E-state index in [1.165, 1.54) is 38.3 Å². The molecule has 0 spiro atoms. The highest BCUT2D eigenvalue weighted by Gasteiger charge is 2.30. The van der Waals surface area contributed by atoms with Crippen molar-refractivity contribution in [1.82, 2.24) is 5.32 Å². The van der Waals surface area contributed by atoms with E-state index in [0.717, 1.165) is 21.5 Å². The van der Waals surface area contributed by atoms with E-state index in [-0.39, 0.29) is 22.3 Å². The molecule has 3 aromatic rings. The summed E-state index contributed by atoms with van der Waals surface area (Å²) in [4.78, 5) is 23.6. The molecular formula is C26H29N3O6S. The summed E-state index contributed by atoms with van der Waals surface area (Å²) in [7, 11) is -2.84. The molecule has 0 saturated heterocycles. The van der Waals surface area contributed by atoms with E-state index in [4.69, 9.17) is 4.74 Å². The quantitative estimate of drug-likeness (QED) is 0.312. The van der Waals surface area contributed by atoms with Crippen LogP contribution in [0.25, 0.3) is 0 Å². The fraction of sp³-hybridized carbons (Fsp3) is 0.269. The standard InChI is InChI=1S/C26H29N3O6S/c1-5-24(20-9-6-18(2)7-10-20)27-26(30)17-28(21-11-13-22(35-4)14-12-21)36(33,34)23-15-8-19(3)25(16-23)29(31)32/h6-16,24H,5,17H2,1-4H3,(H,27,30)/t24-/m0/s1. The third-order valence-corrected chi connectivity index (χ3v) is 7.61. The van der Waals surface area contributed by atoms with E-state index in [0.29, 0.717) is 17.7 Å². The van der Waals surface area contributed by atoms with Gasteiger partial charge in [0.15, 0.2) is 0 Å². The van der Waals surface area contributed by atoms with Crippen LogP contribution >= 0.6 is 0 Å². The van der Waals surface area contributed by atoms with Crippen molar-refractivity contribution < 1.29 is 22.9 Å². The normalized spacial score (nSPS) is 12.0. The molecule has 0 unspecified atom stereocenters. The lowest BCUT2D eigenvalue weighted by Crippen LogP contribution is -2.42. The van der Waals surface area contributed by atoms with Gasteiger partial charge in [0.2, 0.25) is 5.91 Å². The number of rotatable bonds is 10. The number of benzene rings is 3. The van der Waals surface area contributed by atoms with E-state index in [2.05, 4.69) is 5.32 Å². The SMILES string of the molecule is CC[C@H](NC(=O)CN(c1ccc(OC)cc1)S(=O)(=O)c1ccc(C)c([N+](=O)[O-])c1)c1ccc(C)cc1. The molecule has 3 rings (SSSR count). The van der Waals surface area contributed by atoms with Crippen molar-refractivity contribution in [2.75, 3.05) is 18.0 Å². The maximum absolute atomic E-state index is 13.7. The average molecular weight is 512 g/mol. The third kappa shape index (κ3) is 6.01. The van der Waals surface area contributed by atoms with Gasteiger partial charge in [-0.2, -0.15) is 0 Å². The third-order valence-electron chi connectivity index (χ3n) is 5.84. The Kier molecular flexibility index (Phi) is 8.31. The van der Waals surface area contributed by atoms with Gasteiger partial charge in [-0.25, -0.2) is 8.42 Å². The van der Waals surface area contributed by atoms with Gasteiger partial charge < -0.3 is 10.1 Å². The number of methoxy groups -OCH3 is 1. The number of hydrogen-bond donors (Lipinski definition) is 1. The number of sulfonamides is 1. The van der Waals surface area contributed by atoms with Gasteiger partial charge in [0.25, 0.3) is 15.7 Å². The monoisotopic (exact) mass is 511 g/mol. The number of nitrogens with one attached hydrogen (secondary N) is 1. The van der Waals surface area contributed by atoms with Gasteiger partial charge in [-0.3, -0.25) is 19.2 Å². The lowest BCUT2D eigenvalue weighted by Gasteiger charge is -2.26. The Morgan fingerprint density at radius 1 is 1.06 bits per heavy atom. The molecule has 0 saturated carbocycles. The van der Waals surface area contributed by atoms with Gasteiger partial charge in [-0.05, 0) is 56.2 Å². The highest BCUT2D eigenvalue weighted by molar-refractivity contribution is 7.92. The van der Waals surface area contributed by atoms with Crippen LogP contribution in [0.5, 0.6) is 5.75 Å². The van der Waals surface area contributed by atoms with Crippen molar-refractivity contribution in [3.05, 3.63) is 93.5 Å². The minimum Gasteiger partial charge on any atom is -0.497 e. The Morgan fingerprint density at radius 2 is 1.69 bits per heavy atom. The molecule has 0 heterocycles. The summed E-state index contributed by atoms with van der Waals surface area (Å²) in [6.07, 6.45) is 0.605. The van der Waals surface area contributed by atoms with Crippen LogP contribution in [0.2, 0.25) is 0 Å². The molecule has 0 radical (unpaired) electrons. The van der Waals surface area contributed by atoms with Crippen molar-refractivity contribution in [2.24, 2.45) is 0 Å². The molecule has 36 heavy (non-hydrogen) atoms. The van der Waals surface area contributed by atoms with Crippen LogP contribution in [0.3, 0.4) is 0 Å². The van der Waals surface area contributed by atoms with Crippen LogP contribution in [-0.4, -0.2) is 32.9 Å². The summed E-state index contributed by atoms with van der Waals surface area (Å²) in [5.41, 5.74) is 2.23. The molecule has 0 aliphatic heterocycles. The molecule has 9 nitrogen and oxygen atoms in total. The van der Waals surface area contributed by atoms with Crippen LogP contribution in [-0.2, 0) is 14.8 Å². The first-order chi connectivity index (χ1) is 17.1. The Bertz CT molecular complexity index is 1340. The summed E-state index contributed by atoms with van der Waals surface area (Å²) in [5, 5.41) is 14.3. The van der Waals surface area contributed by atoms with Crippen molar-refractivity contribution in [3.8, 4) is 5.75 Å². The van der Waals surface area contributed by atoms with Gasteiger partial charge in [-0.1, -0.05) is 42.8 Å². The molecule has 10 heteroatoms. The summed E-state index contributed by atoms with van der Waals surface area (Å²) in [5.74, 6) is 0.000343. The highest BCUT2D eigenvalue weighted by atomic mass is 32.2. The van der Waals surface area contributed by atoms with Crippen molar-refractivity contribution in [1.29, 1.82) is 0 Å². The zero-order chi connectivity index (χ0) is 26.5. The Balaban J connectivity index is 1.97. The highest BCUT2D eigenvalue weighted by Crippen LogP contribution is 2.29. The first-order valence-electron chi connectivity index (χ1n) is 11.3. The first-order valence-corrected chi connectivity index (χ1v) is 12.8. The molecule has 3 aromatic carbocycles. The predicted molar refractivity (Wildman–Crippen MR) is 138 cm³/mol. The van der Waals surface area contributed by atoms with Crippen LogP contribution < -0.4 is 14.4 Å². The molecule has 0 aromatic heterocycles. The number of anilines is 1. The van der Waals surface area contributed by atoms with E-state index >= 15 is 0 Å². The fourth-order valence-corrected chi connectivity index (χ4v) is 5.17. The maximum atomic E-state index is 13.7. The minimum atomic E-state index is -4.33. The molecule has 1 amide bonds. The number of nitro groups is 1. The van der Waals surface area contributed by atoms with Crippen LogP contribution in [0.1, 0.15) is 36.1 Å². The van der Waals surface area contributed by atoms with E-state index in [9.17, 15) is 23.3 Å². The minimum absolute atomic E-state index is 0.220. The smallest absolute Gasteiger partial charge is 0.273 e. The number of hydrogen-bond acceptors (Lipinski definition) is 6. The Morgan fingerprint density at radius 3 is 2.25 bits per heavy atom. The van der Waals surface area contributed by atoms with E-state index < -0.39 is 27.4 Å². The summed E-state index contributed by atoms with van der Waals surface area (Å²) < 4.78 is 33.4. The zero-order valence-electron chi connectivity index (χ0n) is 20.6. The number of nitro benzene ring substituents is 1. The first kappa shape index (κ1) is 26.7. The molecule has 0 aliphatic carbocycles. The van der Waals surface area contributed by atoms with Crippen molar-refractivity contribution >= 4 is 27.3 Å². The molecule has 0 fully saturated rings. The van der Waals surface area contributed by atoms with Crippen LogP contribution in [0, 0.1) is 24.0 Å². The second-order valence-electron chi connectivity index (χ2n) is 8.35. The largest absolute Gasteiger partial charge is 0.497 e. The number of nitrogens with zero attached hydrogens (tertiary/aromatic N) is 2. The molecule has 0 aliphatic rings. The second-order valence-corrected chi connectivity index (χ2v) is 10.2. The van der Waals surface area contributed by atoms with Gasteiger partial charge in [-0.15, -0.1) is 0 Å². The number of carbonyl (C=O) groups is 1. The topological polar surface area (TPSA) is 119 Å². The Hall–Kier alpha value is -3.92. The lowest BCUT2D eigenvalue weighted by atomic mass is 10.0. The van der Waals surface area contributed by atoms with Gasteiger partial charge >= 0.3 is 0 Å². The van der Waals surface area contributed by atoms with Crippen molar-refractivity contribution in [3.63, 3.8) is 0 Å². The second kappa shape index (κ2) is 11.2. The average Bonchev–Trinajstić information content (AvgIpc) is 2.86. The zero-order valence-corrected chi connectivity index (χ0v) is 21.4. The van der Waals surface area contributed by atoms with E-state index in [1.807, 2.05) is 38.1 Å². The maximum Gasteiger partial charge on any atom is 0.273 e. The molecule has 1 atom stereocenters. The summed E-state index contributed by atoms with van der Waals surface area (Å²) >= 11 is 0. The number of aryl methyl sites for hydroxylation is 2. The summed E-state index contributed by atoms with van der Waals surface area (Å²) in [6.45, 7) is 4.91. The number of ether oxygens (including phenoxy) is 1. The number of carbonyl (C=O) groups excluding carboxylic acids is 1. The summed E-state index contributed by atoms with van der Waals surface area (Å²) in [6, 6.07) is 17.3. The predicted octanol–water partition coefficient (Wildman–Crippen LogP) is 4.68. The molecule has 1 N–H and O–H groups in total. The van der Waals surface area contributed by atoms with Gasteiger partial charge in [0.1, 0.15) is 12.3 Å². The van der Waals surface area contributed by atoms with Crippen LogP contribution in [0.15, 0.2) is 71.6 Å². The number of amides is 1. The molecule has 190 valence electrons. The van der Waals surface area contributed by atoms with E-state index in [1.54, 1.807) is 12.1 Å². The Labute approximate surface area is 210 Å². The molecular weight excluding hydrogens is 482 g/mol.